The monoisotopic (exact) mass is 558 g/mol. The van der Waals surface area contributed by atoms with Gasteiger partial charge < -0.3 is 14.6 Å². The Kier molecular flexibility index (Phi) is 7.51. The molecule has 3 aromatic heterocycles. The third-order valence-electron chi connectivity index (χ3n) is 6.64. The second-order valence-electron chi connectivity index (χ2n) is 10.8. The lowest BCUT2D eigenvalue weighted by Gasteiger charge is -2.26. The van der Waals surface area contributed by atoms with E-state index in [2.05, 4.69) is 26.5 Å². The standard InChI is InChI=1S/C28H30N8O3S/c1-28(2,3)12-19(13-29)26(39)34-10-4-5-20(34)14-35-22-7-6-18(15-37)11-21(22)32-27(35)33-25(38)23-8-9-24(40-23)36-17-30-16-31-36/h6-9,11-12,16-17,20,37H,4-5,10,14-15H2,1-3H3,(H,32,33,38)/t20-/m1/s1. The number of amides is 2. The molecule has 2 amide bonds. The Balaban J connectivity index is 1.45. The fourth-order valence-electron chi connectivity index (χ4n) is 4.85. The summed E-state index contributed by atoms with van der Waals surface area (Å²) in [6, 6.07) is 10.9. The van der Waals surface area contributed by atoms with Gasteiger partial charge in [-0.05, 0) is 48.1 Å². The maximum Gasteiger partial charge on any atom is 0.268 e. The van der Waals surface area contributed by atoms with Crippen LogP contribution in [0.15, 0.2) is 54.6 Å². The predicted molar refractivity (Wildman–Crippen MR) is 151 cm³/mol. The van der Waals surface area contributed by atoms with Crippen LogP contribution < -0.4 is 5.32 Å². The number of hydrogen-bond donors (Lipinski definition) is 2. The first-order valence-electron chi connectivity index (χ1n) is 13.0. The average Bonchev–Trinajstić information content (AvgIpc) is 3.73. The minimum Gasteiger partial charge on any atom is -0.392 e. The Hall–Kier alpha value is -4.34. The van der Waals surface area contributed by atoms with Gasteiger partial charge in [-0.25, -0.2) is 14.6 Å². The van der Waals surface area contributed by atoms with Crippen molar-refractivity contribution in [3.05, 3.63) is 65.1 Å². The smallest absolute Gasteiger partial charge is 0.268 e. The Morgan fingerprint density at radius 1 is 1.27 bits per heavy atom. The van der Waals surface area contributed by atoms with Gasteiger partial charge in [0.1, 0.15) is 29.3 Å². The number of nitrogens with zero attached hydrogens (tertiary/aromatic N) is 7. The van der Waals surface area contributed by atoms with Gasteiger partial charge in [0.25, 0.3) is 11.8 Å². The van der Waals surface area contributed by atoms with Crippen molar-refractivity contribution in [2.45, 2.75) is 52.8 Å². The number of thiophene rings is 1. The molecule has 1 aromatic carbocycles. The van der Waals surface area contributed by atoms with Crippen LogP contribution in [0.1, 0.15) is 48.8 Å². The summed E-state index contributed by atoms with van der Waals surface area (Å²) in [5, 5.41) is 27.2. The summed E-state index contributed by atoms with van der Waals surface area (Å²) in [5.74, 6) is -0.262. The van der Waals surface area contributed by atoms with Gasteiger partial charge in [0, 0.05) is 13.1 Å². The van der Waals surface area contributed by atoms with Crippen LogP contribution in [0.2, 0.25) is 0 Å². The van der Waals surface area contributed by atoms with Crippen molar-refractivity contribution < 1.29 is 14.7 Å². The maximum absolute atomic E-state index is 13.4. The highest BCUT2D eigenvalue weighted by Crippen LogP contribution is 2.29. The number of carbonyl (C=O) groups is 2. The van der Waals surface area contributed by atoms with Crippen LogP contribution in [0, 0.1) is 16.7 Å². The lowest BCUT2D eigenvalue weighted by atomic mass is 9.93. The van der Waals surface area contributed by atoms with E-state index >= 15 is 0 Å². The number of aliphatic hydroxyl groups is 1. The van der Waals surface area contributed by atoms with E-state index in [1.54, 1.807) is 40.2 Å². The number of anilines is 1. The van der Waals surface area contributed by atoms with Crippen LogP contribution >= 0.6 is 11.3 Å². The molecule has 0 aliphatic carbocycles. The predicted octanol–water partition coefficient (Wildman–Crippen LogP) is 3.91. The Morgan fingerprint density at radius 3 is 2.80 bits per heavy atom. The summed E-state index contributed by atoms with van der Waals surface area (Å²) in [4.78, 5) is 37.5. The number of aromatic nitrogens is 5. The molecule has 0 spiro atoms. The highest BCUT2D eigenvalue weighted by atomic mass is 32.1. The summed E-state index contributed by atoms with van der Waals surface area (Å²) >= 11 is 1.27. The molecule has 206 valence electrons. The lowest BCUT2D eigenvalue weighted by molar-refractivity contribution is -0.127. The first-order chi connectivity index (χ1) is 19.2. The van der Waals surface area contributed by atoms with E-state index < -0.39 is 0 Å². The van der Waals surface area contributed by atoms with Gasteiger partial charge in [0.2, 0.25) is 5.95 Å². The minimum absolute atomic E-state index is 0.132. The van der Waals surface area contributed by atoms with Crippen molar-refractivity contribution in [1.29, 1.82) is 5.26 Å². The molecule has 11 nitrogen and oxygen atoms in total. The number of hydrogen-bond acceptors (Lipinski definition) is 8. The fraction of sp³-hybridized carbons (Fsp3) is 0.357. The molecule has 5 rings (SSSR count). The van der Waals surface area contributed by atoms with Gasteiger partial charge >= 0.3 is 0 Å². The van der Waals surface area contributed by atoms with Crippen LogP contribution in [0.3, 0.4) is 0 Å². The quantitative estimate of drug-likeness (QED) is 0.259. The van der Waals surface area contributed by atoms with E-state index in [-0.39, 0.29) is 35.5 Å². The summed E-state index contributed by atoms with van der Waals surface area (Å²) in [6.45, 7) is 6.67. The molecule has 40 heavy (non-hydrogen) atoms. The molecule has 1 fully saturated rings. The summed E-state index contributed by atoms with van der Waals surface area (Å²) in [6.07, 6.45) is 6.28. The van der Waals surface area contributed by atoms with Crippen molar-refractivity contribution in [3.63, 3.8) is 0 Å². The van der Waals surface area contributed by atoms with Crippen molar-refractivity contribution in [2.75, 3.05) is 11.9 Å². The van der Waals surface area contributed by atoms with Crippen molar-refractivity contribution in [2.24, 2.45) is 5.41 Å². The Morgan fingerprint density at radius 2 is 2.10 bits per heavy atom. The van der Waals surface area contributed by atoms with E-state index in [1.807, 2.05) is 37.5 Å². The van der Waals surface area contributed by atoms with Gasteiger partial charge in [-0.3, -0.25) is 14.9 Å². The number of aliphatic hydroxyl groups excluding tert-OH is 1. The molecule has 4 aromatic rings. The Labute approximate surface area is 235 Å². The molecule has 12 heteroatoms. The summed E-state index contributed by atoms with van der Waals surface area (Å²) < 4.78 is 3.48. The van der Waals surface area contributed by atoms with Gasteiger partial charge in [0.15, 0.2) is 0 Å². The van der Waals surface area contributed by atoms with E-state index in [0.717, 1.165) is 23.4 Å². The van der Waals surface area contributed by atoms with Gasteiger partial charge in [-0.2, -0.15) is 10.4 Å². The zero-order chi connectivity index (χ0) is 28.4. The number of likely N-dealkylation sites (tertiary alicyclic amines) is 1. The molecule has 0 saturated carbocycles. The molecule has 1 atom stereocenters. The highest BCUT2D eigenvalue weighted by molar-refractivity contribution is 7.16. The van der Waals surface area contributed by atoms with Crippen LogP contribution in [-0.4, -0.2) is 58.7 Å². The molecule has 2 N–H and O–H groups in total. The van der Waals surface area contributed by atoms with Crippen LogP contribution in [-0.2, 0) is 17.9 Å². The van der Waals surface area contributed by atoms with Crippen LogP contribution in [0.25, 0.3) is 16.0 Å². The molecular weight excluding hydrogens is 528 g/mol. The van der Waals surface area contributed by atoms with Gasteiger partial charge in [0.05, 0.1) is 28.6 Å². The normalized spacial score (nSPS) is 15.9. The molecule has 0 bridgehead atoms. The van der Waals surface area contributed by atoms with E-state index in [9.17, 15) is 20.0 Å². The molecule has 0 radical (unpaired) electrons. The third kappa shape index (κ3) is 5.66. The van der Waals surface area contributed by atoms with Crippen molar-refractivity contribution >= 4 is 40.1 Å². The lowest BCUT2D eigenvalue weighted by Crippen LogP contribution is -2.39. The second-order valence-corrected chi connectivity index (χ2v) is 11.9. The number of rotatable bonds is 7. The third-order valence-corrected chi connectivity index (χ3v) is 7.71. The maximum atomic E-state index is 13.4. The number of imidazole rings is 1. The number of carbonyl (C=O) groups excluding carboxylic acids is 2. The fourth-order valence-corrected chi connectivity index (χ4v) is 5.67. The van der Waals surface area contributed by atoms with E-state index in [4.69, 9.17) is 0 Å². The van der Waals surface area contributed by atoms with Gasteiger partial charge in [-0.15, -0.1) is 11.3 Å². The van der Waals surface area contributed by atoms with Crippen LogP contribution in [0.4, 0.5) is 5.95 Å². The number of fused-ring (bicyclic) bond motifs is 1. The second kappa shape index (κ2) is 11.0. The summed E-state index contributed by atoms with van der Waals surface area (Å²) in [7, 11) is 0. The number of nitrogens with one attached hydrogen (secondary N) is 1. The molecular formula is C28H30N8O3S. The van der Waals surface area contributed by atoms with Gasteiger partial charge in [-0.1, -0.05) is 32.9 Å². The van der Waals surface area contributed by atoms with Crippen molar-refractivity contribution in [3.8, 4) is 11.1 Å². The SMILES string of the molecule is CC(C)(C)C=C(C#N)C(=O)N1CCC[C@@H]1Cn1c(NC(=O)c2ccc(-n3cncn3)s2)nc2cc(CO)ccc21. The number of nitriles is 1. The van der Waals surface area contributed by atoms with Crippen molar-refractivity contribution in [1.82, 2.24) is 29.2 Å². The molecule has 1 aliphatic heterocycles. The first-order valence-corrected chi connectivity index (χ1v) is 13.8. The number of benzene rings is 1. The average molecular weight is 559 g/mol. The molecule has 0 unspecified atom stereocenters. The highest BCUT2D eigenvalue weighted by Gasteiger charge is 2.32. The molecule has 1 saturated heterocycles. The zero-order valence-electron chi connectivity index (χ0n) is 22.5. The topological polar surface area (TPSA) is 142 Å². The van der Waals surface area contributed by atoms with E-state index in [1.165, 1.54) is 17.7 Å². The van der Waals surface area contributed by atoms with Crippen LogP contribution in [0.5, 0.6) is 0 Å². The molecule has 1 aliphatic rings. The zero-order valence-corrected chi connectivity index (χ0v) is 23.4. The summed E-state index contributed by atoms with van der Waals surface area (Å²) in [5.41, 5.74) is 1.92. The Bertz CT molecular complexity index is 1620. The largest absolute Gasteiger partial charge is 0.392 e. The molecule has 4 heterocycles. The van der Waals surface area contributed by atoms with E-state index in [0.29, 0.717) is 35.0 Å². The minimum atomic E-state index is -0.325. The first kappa shape index (κ1) is 27.2. The number of allylic oxidation sites excluding steroid dienone is 1.